The Balaban J connectivity index is 2.51. The van der Waals surface area contributed by atoms with E-state index < -0.39 is 5.54 Å². The molecule has 1 fully saturated rings. The van der Waals surface area contributed by atoms with Gasteiger partial charge in [-0.05, 0) is 18.9 Å². The molecule has 0 saturated heterocycles. The fraction of sp³-hybridized carbons (Fsp3) is 0.500. The number of ether oxygens (including phenoxy) is 1. The molecule has 3 N–H and O–H groups in total. The maximum absolute atomic E-state index is 10.1. The van der Waals surface area contributed by atoms with Gasteiger partial charge in [0.1, 0.15) is 0 Å². The number of hydrogen-bond acceptors (Lipinski definition) is 3. The molecule has 0 aliphatic heterocycles. The minimum Gasteiger partial charge on any atom is -0.504 e. The highest BCUT2D eigenvalue weighted by molar-refractivity contribution is 6.30. The topological polar surface area (TPSA) is 55.5 Å². The average molecular weight is 242 g/mol. The molecule has 0 amide bonds. The molecule has 16 heavy (non-hydrogen) atoms. The normalized spacial score (nSPS) is 18.7. The third-order valence-corrected chi connectivity index (χ3v) is 3.51. The maximum Gasteiger partial charge on any atom is 0.162 e. The van der Waals surface area contributed by atoms with Gasteiger partial charge < -0.3 is 15.6 Å². The van der Waals surface area contributed by atoms with Crippen LogP contribution >= 0.6 is 11.6 Å². The van der Waals surface area contributed by atoms with E-state index in [4.69, 9.17) is 22.1 Å². The summed E-state index contributed by atoms with van der Waals surface area (Å²) >= 11 is 5.99. The van der Waals surface area contributed by atoms with Gasteiger partial charge in [0.05, 0.1) is 7.11 Å². The van der Waals surface area contributed by atoms with Crippen molar-refractivity contribution in [3.63, 3.8) is 0 Å². The monoisotopic (exact) mass is 241 g/mol. The molecule has 3 nitrogen and oxygen atoms in total. The second-order valence-corrected chi connectivity index (χ2v) is 4.80. The lowest BCUT2D eigenvalue weighted by Gasteiger charge is -2.26. The lowest BCUT2D eigenvalue weighted by atomic mass is 9.88. The van der Waals surface area contributed by atoms with Gasteiger partial charge >= 0.3 is 0 Å². The van der Waals surface area contributed by atoms with Crippen LogP contribution in [0.3, 0.4) is 0 Å². The summed E-state index contributed by atoms with van der Waals surface area (Å²) in [6.07, 6.45) is 3.93. The molecule has 2 rings (SSSR count). The van der Waals surface area contributed by atoms with Crippen molar-refractivity contribution in [3.05, 3.63) is 22.7 Å². The molecule has 0 atom stereocenters. The summed E-state index contributed by atoms with van der Waals surface area (Å²) in [7, 11) is 1.51. The van der Waals surface area contributed by atoms with Crippen LogP contribution < -0.4 is 10.5 Å². The van der Waals surface area contributed by atoms with Crippen LogP contribution in [0.1, 0.15) is 31.2 Å². The standard InChI is InChI=1S/C12H16ClNO2/c1-16-10-7-8(13)6-9(11(10)15)12(14)4-2-3-5-12/h6-7,15H,2-5,14H2,1H3. The number of benzene rings is 1. The van der Waals surface area contributed by atoms with Crippen LogP contribution in [0.4, 0.5) is 0 Å². The van der Waals surface area contributed by atoms with Gasteiger partial charge in [-0.15, -0.1) is 0 Å². The second kappa shape index (κ2) is 4.15. The molecule has 1 aromatic rings. The zero-order chi connectivity index (χ0) is 11.8. The summed E-state index contributed by atoms with van der Waals surface area (Å²) in [5.74, 6) is 0.510. The van der Waals surface area contributed by atoms with Crippen LogP contribution in [0.5, 0.6) is 11.5 Å². The number of methoxy groups -OCH3 is 1. The quantitative estimate of drug-likeness (QED) is 0.837. The predicted octanol–water partition coefficient (Wildman–Crippen LogP) is 2.78. The molecular formula is C12H16ClNO2. The predicted molar refractivity (Wildman–Crippen MR) is 64.0 cm³/mol. The molecule has 1 saturated carbocycles. The molecule has 1 aromatic carbocycles. The molecule has 0 heterocycles. The van der Waals surface area contributed by atoms with Gasteiger partial charge in [0.15, 0.2) is 11.5 Å². The fourth-order valence-corrected chi connectivity index (χ4v) is 2.59. The summed E-state index contributed by atoms with van der Waals surface area (Å²) in [6, 6.07) is 3.34. The first-order valence-corrected chi connectivity index (χ1v) is 5.80. The van der Waals surface area contributed by atoms with E-state index in [9.17, 15) is 5.11 Å². The number of aromatic hydroxyl groups is 1. The van der Waals surface area contributed by atoms with Crippen LogP contribution in [-0.2, 0) is 5.54 Å². The highest BCUT2D eigenvalue weighted by Gasteiger charge is 2.34. The number of phenols is 1. The van der Waals surface area contributed by atoms with Crippen LogP contribution in [0.25, 0.3) is 0 Å². The third kappa shape index (κ3) is 1.85. The van der Waals surface area contributed by atoms with E-state index in [2.05, 4.69) is 0 Å². The largest absolute Gasteiger partial charge is 0.504 e. The Bertz CT molecular complexity index is 400. The SMILES string of the molecule is COc1cc(Cl)cc(C2(N)CCCC2)c1O. The van der Waals surface area contributed by atoms with Crippen molar-refractivity contribution in [2.24, 2.45) is 5.73 Å². The Labute approximate surface area is 100 Å². The zero-order valence-corrected chi connectivity index (χ0v) is 10.0. The van der Waals surface area contributed by atoms with Crippen molar-refractivity contribution >= 4 is 11.6 Å². The van der Waals surface area contributed by atoms with E-state index in [1.54, 1.807) is 12.1 Å². The van der Waals surface area contributed by atoms with E-state index >= 15 is 0 Å². The Morgan fingerprint density at radius 2 is 2.00 bits per heavy atom. The first-order chi connectivity index (χ1) is 7.57. The van der Waals surface area contributed by atoms with Crippen LogP contribution in [-0.4, -0.2) is 12.2 Å². The first kappa shape index (κ1) is 11.6. The van der Waals surface area contributed by atoms with Crippen molar-refractivity contribution < 1.29 is 9.84 Å². The van der Waals surface area contributed by atoms with E-state index in [-0.39, 0.29) is 5.75 Å². The summed E-state index contributed by atoms with van der Waals surface area (Å²) in [5, 5.41) is 10.6. The first-order valence-electron chi connectivity index (χ1n) is 5.43. The summed E-state index contributed by atoms with van der Waals surface area (Å²) < 4.78 is 5.08. The summed E-state index contributed by atoms with van der Waals surface area (Å²) in [6.45, 7) is 0. The second-order valence-electron chi connectivity index (χ2n) is 4.37. The Morgan fingerprint density at radius 3 is 2.56 bits per heavy atom. The van der Waals surface area contributed by atoms with E-state index in [0.717, 1.165) is 25.7 Å². The number of rotatable bonds is 2. The van der Waals surface area contributed by atoms with Crippen molar-refractivity contribution in [2.75, 3.05) is 7.11 Å². The highest BCUT2D eigenvalue weighted by atomic mass is 35.5. The third-order valence-electron chi connectivity index (χ3n) is 3.29. The van der Waals surface area contributed by atoms with Crippen LogP contribution in [0.2, 0.25) is 5.02 Å². The number of phenolic OH excluding ortho intramolecular Hbond substituents is 1. The molecule has 0 aromatic heterocycles. The molecule has 0 spiro atoms. The molecule has 1 aliphatic rings. The van der Waals surface area contributed by atoms with E-state index in [0.29, 0.717) is 16.3 Å². The Hall–Kier alpha value is -0.930. The van der Waals surface area contributed by atoms with Gasteiger partial charge in [-0.2, -0.15) is 0 Å². The summed E-state index contributed by atoms with van der Waals surface area (Å²) in [4.78, 5) is 0. The molecule has 0 radical (unpaired) electrons. The summed E-state index contributed by atoms with van der Waals surface area (Å²) in [5.41, 5.74) is 6.55. The van der Waals surface area contributed by atoms with E-state index in [1.807, 2.05) is 0 Å². The fourth-order valence-electron chi connectivity index (χ4n) is 2.38. The van der Waals surface area contributed by atoms with Gasteiger partial charge in [0, 0.05) is 22.2 Å². The van der Waals surface area contributed by atoms with Gasteiger partial charge in [0.25, 0.3) is 0 Å². The molecular weight excluding hydrogens is 226 g/mol. The minimum atomic E-state index is -0.456. The van der Waals surface area contributed by atoms with Crippen molar-refractivity contribution in [2.45, 2.75) is 31.2 Å². The lowest BCUT2D eigenvalue weighted by molar-refractivity contribution is 0.355. The highest BCUT2D eigenvalue weighted by Crippen LogP contribution is 2.44. The van der Waals surface area contributed by atoms with Crippen molar-refractivity contribution in [1.29, 1.82) is 0 Å². The van der Waals surface area contributed by atoms with Crippen molar-refractivity contribution in [3.8, 4) is 11.5 Å². The number of nitrogens with two attached hydrogens (primary N) is 1. The van der Waals surface area contributed by atoms with Gasteiger partial charge in [-0.3, -0.25) is 0 Å². The van der Waals surface area contributed by atoms with E-state index in [1.165, 1.54) is 7.11 Å². The maximum atomic E-state index is 10.1. The lowest BCUT2D eigenvalue weighted by Crippen LogP contribution is -2.33. The molecule has 0 bridgehead atoms. The zero-order valence-electron chi connectivity index (χ0n) is 9.29. The molecule has 1 aliphatic carbocycles. The average Bonchev–Trinajstić information content (AvgIpc) is 2.69. The van der Waals surface area contributed by atoms with Gasteiger partial charge in [-0.25, -0.2) is 0 Å². The van der Waals surface area contributed by atoms with Crippen molar-refractivity contribution in [1.82, 2.24) is 0 Å². The van der Waals surface area contributed by atoms with Crippen LogP contribution in [0.15, 0.2) is 12.1 Å². The smallest absolute Gasteiger partial charge is 0.162 e. The Morgan fingerprint density at radius 1 is 1.38 bits per heavy atom. The number of hydrogen-bond donors (Lipinski definition) is 2. The Kier molecular flexibility index (Phi) is 3.00. The molecule has 0 unspecified atom stereocenters. The molecule has 4 heteroatoms. The van der Waals surface area contributed by atoms with Gasteiger partial charge in [0.2, 0.25) is 0 Å². The molecule has 88 valence electrons. The van der Waals surface area contributed by atoms with Gasteiger partial charge in [-0.1, -0.05) is 24.4 Å². The number of halogens is 1. The minimum absolute atomic E-state index is 0.122. The van der Waals surface area contributed by atoms with Crippen LogP contribution in [0, 0.1) is 0 Å².